The van der Waals surface area contributed by atoms with E-state index in [4.69, 9.17) is 5.73 Å². The second kappa shape index (κ2) is 15.9. The Morgan fingerprint density at radius 2 is 0.738 bits per heavy atom. The normalized spacial score (nSPS) is 12.6. The van der Waals surface area contributed by atoms with Gasteiger partial charge in [-0.15, -0.1) is 0 Å². The summed E-state index contributed by atoms with van der Waals surface area (Å²) in [6, 6.07) is 67.1. The van der Waals surface area contributed by atoms with Crippen molar-refractivity contribution in [2.75, 3.05) is 5.73 Å². The molecule has 0 bridgehead atoms. The molecule has 4 heteroatoms. The van der Waals surface area contributed by atoms with E-state index in [-0.39, 0.29) is 11.4 Å². The molecule has 0 aliphatic heterocycles. The Morgan fingerprint density at radius 3 is 1.16 bits per heavy atom. The maximum absolute atomic E-state index is 9.35. The molecule has 288 valence electrons. The molecular weight excluding hydrogens is 741 g/mol. The summed E-state index contributed by atoms with van der Waals surface area (Å²) >= 11 is 0. The standard InChI is InChI=1S/C46H30N2.C11H10N2/c47-41-28-31(44-34-21-9-7-19-32(34)42(29-15-3-1-4-16-29)33-20-8-10-22-35(33)44)27-40(46(41)48)45-38-25-13-11-23-36(38)43(30-17-5-2-6-18-30)37-24-12-14-26-39(37)45;12-11-5-3-9(4-6-11)10-2-1-7-13-8-10/h1-28,47-48H;1-8H,12H2. The third-order valence-electron chi connectivity index (χ3n) is 11.6. The summed E-state index contributed by atoms with van der Waals surface area (Å²) in [6.45, 7) is 0. The molecule has 61 heavy (non-hydrogen) atoms. The Kier molecular flexibility index (Phi) is 9.64. The van der Waals surface area contributed by atoms with Gasteiger partial charge in [-0.05, 0) is 124 Å². The summed E-state index contributed by atoms with van der Waals surface area (Å²) in [5.41, 5.74) is 17.6. The highest BCUT2D eigenvalue weighted by Gasteiger charge is 2.26. The summed E-state index contributed by atoms with van der Waals surface area (Å²) in [6.07, 6.45) is 7.64. The third kappa shape index (κ3) is 6.76. The number of nitrogen functional groups attached to an aromatic ring is 1. The van der Waals surface area contributed by atoms with Gasteiger partial charge in [0.2, 0.25) is 0 Å². The molecule has 10 aromatic rings. The molecule has 1 aliphatic rings. The lowest BCUT2D eigenvalue weighted by atomic mass is 9.79. The summed E-state index contributed by atoms with van der Waals surface area (Å²) in [7, 11) is 0. The van der Waals surface area contributed by atoms with Crippen molar-refractivity contribution in [3.63, 3.8) is 0 Å². The van der Waals surface area contributed by atoms with Crippen LogP contribution in [0.15, 0.2) is 219 Å². The zero-order valence-electron chi connectivity index (χ0n) is 33.3. The fourth-order valence-corrected chi connectivity index (χ4v) is 8.88. The second-order valence-corrected chi connectivity index (χ2v) is 15.2. The van der Waals surface area contributed by atoms with Crippen LogP contribution >= 0.6 is 0 Å². The molecule has 1 aliphatic carbocycles. The summed E-state index contributed by atoms with van der Waals surface area (Å²) in [5, 5.41) is 27.6. The van der Waals surface area contributed by atoms with Crippen molar-refractivity contribution in [1.82, 2.24) is 4.98 Å². The second-order valence-electron chi connectivity index (χ2n) is 15.2. The van der Waals surface area contributed by atoms with E-state index in [1.807, 2.05) is 48.7 Å². The van der Waals surface area contributed by atoms with E-state index in [0.717, 1.165) is 77.0 Å². The van der Waals surface area contributed by atoms with Gasteiger partial charge in [-0.3, -0.25) is 15.8 Å². The van der Waals surface area contributed by atoms with Gasteiger partial charge in [0.15, 0.2) is 0 Å². The smallest absolute Gasteiger partial charge is 0.0868 e. The number of fused-ring (bicyclic) bond motifs is 4. The number of benzene rings is 9. The molecular formula is C57H40N4. The highest BCUT2D eigenvalue weighted by atomic mass is 14.6. The van der Waals surface area contributed by atoms with Crippen molar-refractivity contribution in [3.05, 3.63) is 230 Å². The van der Waals surface area contributed by atoms with Crippen molar-refractivity contribution in [2.45, 2.75) is 0 Å². The number of pyridine rings is 1. The van der Waals surface area contributed by atoms with Crippen molar-refractivity contribution < 1.29 is 0 Å². The van der Waals surface area contributed by atoms with Crippen LogP contribution in [0.2, 0.25) is 0 Å². The highest BCUT2D eigenvalue weighted by molar-refractivity contribution is 6.62. The zero-order valence-corrected chi connectivity index (χ0v) is 33.3. The summed E-state index contributed by atoms with van der Waals surface area (Å²) in [5.74, 6) is 0. The first kappa shape index (κ1) is 37.1. The number of aromatic nitrogens is 1. The van der Waals surface area contributed by atoms with Crippen molar-refractivity contribution >= 4 is 71.3 Å². The van der Waals surface area contributed by atoms with Gasteiger partial charge in [0.1, 0.15) is 0 Å². The molecule has 0 saturated heterocycles. The van der Waals surface area contributed by atoms with E-state index in [2.05, 4.69) is 169 Å². The average Bonchev–Trinajstić information content (AvgIpc) is 3.32. The fraction of sp³-hybridized carbons (Fsp3) is 0. The maximum atomic E-state index is 9.35. The predicted octanol–water partition coefficient (Wildman–Crippen LogP) is 14.5. The monoisotopic (exact) mass is 780 g/mol. The number of hydrogen-bond donors (Lipinski definition) is 3. The molecule has 1 aromatic heterocycles. The number of nitrogens with two attached hydrogens (primary N) is 1. The van der Waals surface area contributed by atoms with Crippen LogP contribution in [0.1, 0.15) is 11.1 Å². The minimum absolute atomic E-state index is 0.211. The maximum Gasteiger partial charge on any atom is 0.0868 e. The molecule has 0 atom stereocenters. The first-order valence-corrected chi connectivity index (χ1v) is 20.4. The lowest BCUT2D eigenvalue weighted by molar-refractivity contribution is 1.33. The Balaban J connectivity index is 0.000000293. The molecule has 0 radical (unpaired) electrons. The lowest BCUT2D eigenvalue weighted by Gasteiger charge is -2.24. The molecule has 4 N–H and O–H groups in total. The Labute approximate surface area is 354 Å². The Bertz CT molecular complexity index is 3250. The molecule has 0 spiro atoms. The average molecular weight is 781 g/mol. The molecule has 0 unspecified atom stereocenters. The Hall–Kier alpha value is -8.21. The summed E-state index contributed by atoms with van der Waals surface area (Å²) < 4.78 is 0. The van der Waals surface area contributed by atoms with E-state index in [1.54, 1.807) is 6.20 Å². The third-order valence-corrected chi connectivity index (χ3v) is 11.6. The molecule has 0 saturated carbocycles. The number of rotatable bonds is 5. The van der Waals surface area contributed by atoms with Crippen molar-refractivity contribution in [3.8, 4) is 33.4 Å². The number of hydrogen-bond acceptors (Lipinski definition) is 4. The molecule has 9 aromatic carbocycles. The van der Waals surface area contributed by atoms with Gasteiger partial charge in [-0.2, -0.15) is 0 Å². The topological polar surface area (TPSA) is 86.6 Å². The molecule has 11 rings (SSSR count). The van der Waals surface area contributed by atoms with Gasteiger partial charge in [-0.1, -0.05) is 176 Å². The number of nitrogens with one attached hydrogen (secondary N) is 2. The van der Waals surface area contributed by atoms with Crippen molar-refractivity contribution in [2.24, 2.45) is 0 Å². The first-order valence-electron chi connectivity index (χ1n) is 20.4. The number of allylic oxidation sites excluding steroid dienone is 4. The van der Waals surface area contributed by atoms with Crippen LogP contribution in [0.3, 0.4) is 0 Å². The highest BCUT2D eigenvalue weighted by Crippen LogP contribution is 2.46. The van der Waals surface area contributed by atoms with E-state index in [1.165, 1.54) is 27.5 Å². The predicted molar refractivity (Wildman–Crippen MR) is 259 cm³/mol. The van der Waals surface area contributed by atoms with E-state index in [9.17, 15) is 10.8 Å². The largest absolute Gasteiger partial charge is 0.399 e. The van der Waals surface area contributed by atoms with Gasteiger partial charge >= 0.3 is 0 Å². The fourth-order valence-electron chi connectivity index (χ4n) is 8.88. The van der Waals surface area contributed by atoms with E-state index >= 15 is 0 Å². The lowest BCUT2D eigenvalue weighted by Crippen LogP contribution is -2.16. The van der Waals surface area contributed by atoms with Crippen LogP contribution < -0.4 is 5.73 Å². The molecule has 1 heterocycles. The van der Waals surface area contributed by atoms with Crippen LogP contribution in [0.5, 0.6) is 0 Å². The van der Waals surface area contributed by atoms with E-state index in [0.29, 0.717) is 0 Å². The summed E-state index contributed by atoms with van der Waals surface area (Å²) in [4.78, 5) is 4.05. The molecule has 0 fully saturated rings. The Morgan fingerprint density at radius 1 is 0.344 bits per heavy atom. The minimum atomic E-state index is 0.211. The van der Waals surface area contributed by atoms with E-state index < -0.39 is 0 Å². The van der Waals surface area contributed by atoms with Crippen LogP contribution in [-0.2, 0) is 0 Å². The van der Waals surface area contributed by atoms with Crippen LogP contribution in [0.25, 0.3) is 87.6 Å². The minimum Gasteiger partial charge on any atom is -0.399 e. The first-order chi connectivity index (χ1) is 30.0. The van der Waals surface area contributed by atoms with Crippen LogP contribution in [0.4, 0.5) is 5.69 Å². The van der Waals surface area contributed by atoms with Crippen LogP contribution in [-0.4, -0.2) is 16.4 Å². The quantitative estimate of drug-likeness (QED) is 0.0923. The molecule has 0 amide bonds. The zero-order chi connectivity index (χ0) is 41.3. The van der Waals surface area contributed by atoms with Gasteiger partial charge in [0, 0.05) is 23.7 Å². The van der Waals surface area contributed by atoms with Gasteiger partial charge in [0.05, 0.1) is 11.4 Å². The van der Waals surface area contributed by atoms with Crippen LogP contribution in [0, 0.1) is 10.8 Å². The van der Waals surface area contributed by atoms with Gasteiger partial charge in [0.25, 0.3) is 0 Å². The SMILES string of the molecule is N=C1C=C(c2c3ccccc3c(-c3ccccc3)c3ccccc23)C=C(c2c3ccccc3c(-c3ccccc3)c3ccccc23)C1=N.Nc1ccc(-c2cccnc2)cc1. The van der Waals surface area contributed by atoms with Gasteiger partial charge < -0.3 is 5.73 Å². The molecule has 4 nitrogen and oxygen atoms in total. The number of anilines is 1. The van der Waals surface area contributed by atoms with Gasteiger partial charge in [-0.25, -0.2) is 0 Å². The van der Waals surface area contributed by atoms with Crippen molar-refractivity contribution in [1.29, 1.82) is 10.8 Å². The number of nitrogens with zero attached hydrogens (tertiary/aromatic N) is 1.